The summed E-state index contributed by atoms with van der Waals surface area (Å²) < 4.78 is 6.23. The van der Waals surface area contributed by atoms with Crippen molar-refractivity contribution < 1.29 is 19.4 Å². The molecule has 0 fully saturated rings. The van der Waals surface area contributed by atoms with Gasteiger partial charge in [-0.2, -0.15) is 0 Å². The Morgan fingerprint density at radius 2 is 1.67 bits per heavy atom. The topological polar surface area (TPSA) is 75.6 Å². The fourth-order valence-electron chi connectivity index (χ4n) is 4.26. The monoisotopic (exact) mass is 507 g/mol. The van der Waals surface area contributed by atoms with E-state index in [2.05, 4.69) is 83.3 Å². The molecule has 0 bridgehead atoms. The van der Waals surface area contributed by atoms with Crippen molar-refractivity contribution in [3.8, 4) is 16.9 Å². The van der Waals surface area contributed by atoms with Crippen molar-refractivity contribution in [2.75, 3.05) is 13.2 Å². The highest BCUT2D eigenvalue weighted by molar-refractivity contribution is 7.14. The first-order valence-corrected chi connectivity index (χ1v) is 13.3. The highest BCUT2D eigenvalue weighted by Gasteiger charge is 2.18. The molecule has 0 aliphatic rings. The normalized spacial score (nSPS) is 12.3. The molecule has 1 atom stereocenters. The van der Waals surface area contributed by atoms with Gasteiger partial charge in [0, 0.05) is 17.3 Å². The van der Waals surface area contributed by atoms with Gasteiger partial charge in [-0.15, -0.1) is 11.3 Å². The van der Waals surface area contributed by atoms with Gasteiger partial charge in [-0.3, -0.25) is 9.59 Å². The number of hydrogen-bond acceptors (Lipinski definition) is 4. The Morgan fingerprint density at radius 1 is 1.03 bits per heavy atom. The van der Waals surface area contributed by atoms with Crippen LogP contribution in [0.15, 0.2) is 48.5 Å². The van der Waals surface area contributed by atoms with Crippen LogP contribution in [0, 0.1) is 13.8 Å². The molecule has 2 N–H and O–H groups in total. The van der Waals surface area contributed by atoms with E-state index < -0.39 is 5.97 Å². The smallest absolute Gasteiger partial charge is 0.305 e. The van der Waals surface area contributed by atoms with E-state index in [0.29, 0.717) is 11.5 Å². The van der Waals surface area contributed by atoms with Gasteiger partial charge in [-0.05, 0) is 77.8 Å². The molecule has 1 amide bonds. The molecule has 0 saturated heterocycles. The highest BCUT2D eigenvalue weighted by Crippen LogP contribution is 2.34. The van der Waals surface area contributed by atoms with E-state index in [0.717, 1.165) is 17.0 Å². The molecule has 0 aliphatic heterocycles. The maximum absolute atomic E-state index is 12.3. The molecule has 0 saturated carbocycles. The van der Waals surface area contributed by atoms with E-state index in [1.54, 1.807) is 6.07 Å². The molecule has 0 unspecified atom stereocenters. The number of thiophene rings is 1. The van der Waals surface area contributed by atoms with E-state index in [1.807, 2.05) is 6.07 Å². The van der Waals surface area contributed by atoms with Crippen molar-refractivity contribution in [2.45, 2.75) is 65.7 Å². The van der Waals surface area contributed by atoms with Crippen molar-refractivity contribution in [2.24, 2.45) is 0 Å². The molecule has 3 rings (SSSR count). The first-order chi connectivity index (χ1) is 17.0. The second-order valence-electron chi connectivity index (χ2n) is 10.3. The lowest BCUT2D eigenvalue weighted by atomic mass is 9.85. The van der Waals surface area contributed by atoms with Crippen molar-refractivity contribution in [1.29, 1.82) is 0 Å². The van der Waals surface area contributed by atoms with E-state index in [9.17, 15) is 9.59 Å². The largest absolute Gasteiger partial charge is 0.493 e. The summed E-state index contributed by atoms with van der Waals surface area (Å²) in [6.45, 7) is 13.7. The van der Waals surface area contributed by atoms with Gasteiger partial charge in [0.1, 0.15) is 5.75 Å². The Bertz CT molecular complexity index is 1180. The van der Waals surface area contributed by atoms with Gasteiger partial charge in [0.15, 0.2) is 0 Å². The summed E-state index contributed by atoms with van der Waals surface area (Å²) in [5, 5.41) is 11.4. The molecule has 3 aromatic rings. The number of amides is 1. The fourth-order valence-corrected chi connectivity index (χ4v) is 5.35. The number of hydrogen-bond donors (Lipinski definition) is 2. The van der Waals surface area contributed by atoms with Crippen molar-refractivity contribution >= 4 is 23.2 Å². The van der Waals surface area contributed by atoms with E-state index in [-0.39, 0.29) is 30.2 Å². The van der Waals surface area contributed by atoms with Gasteiger partial charge in [0.2, 0.25) is 0 Å². The first-order valence-electron chi connectivity index (χ1n) is 12.4. The number of carboxylic acids is 1. The Morgan fingerprint density at radius 3 is 2.22 bits per heavy atom. The second-order valence-corrected chi connectivity index (χ2v) is 11.4. The third-order valence-electron chi connectivity index (χ3n) is 6.37. The number of aliphatic carboxylic acids is 1. The van der Waals surface area contributed by atoms with Crippen molar-refractivity contribution in [3.63, 3.8) is 0 Å². The number of nitrogens with one attached hydrogen (secondary N) is 1. The number of carbonyl (C=O) groups excluding carboxylic acids is 1. The van der Waals surface area contributed by atoms with E-state index in [1.165, 1.54) is 39.2 Å². The van der Waals surface area contributed by atoms with Crippen LogP contribution in [0.3, 0.4) is 0 Å². The molecule has 192 valence electrons. The Balaban J connectivity index is 1.68. The maximum Gasteiger partial charge on any atom is 0.305 e. The predicted molar refractivity (Wildman–Crippen MR) is 147 cm³/mol. The van der Waals surface area contributed by atoms with Crippen LogP contribution in [-0.4, -0.2) is 30.1 Å². The lowest BCUT2D eigenvalue weighted by molar-refractivity contribution is -0.136. The molecule has 0 aliphatic carbocycles. The molecule has 5 nitrogen and oxygen atoms in total. The average molecular weight is 508 g/mol. The van der Waals surface area contributed by atoms with Crippen LogP contribution in [0.25, 0.3) is 11.1 Å². The Hall–Kier alpha value is -3.12. The molecule has 6 heteroatoms. The van der Waals surface area contributed by atoms with Gasteiger partial charge in [0.25, 0.3) is 5.91 Å². The lowest BCUT2D eigenvalue weighted by Crippen LogP contribution is -2.25. The number of ether oxygens (including phenoxy) is 1. The van der Waals surface area contributed by atoms with Gasteiger partial charge in [-0.25, -0.2) is 0 Å². The van der Waals surface area contributed by atoms with Crippen LogP contribution >= 0.6 is 11.3 Å². The molecule has 2 aromatic carbocycles. The van der Waals surface area contributed by atoms with E-state index in [4.69, 9.17) is 9.84 Å². The zero-order valence-corrected chi connectivity index (χ0v) is 22.9. The van der Waals surface area contributed by atoms with Crippen LogP contribution < -0.4 is 10.1 Å². The maximum atomic E-state index is 12.3. The van der Waals surface area contributed by atoms with Crippen LogP contribution in [0.2, 0.25) is 0 Å². The van der Waals surface area contributed by atoms with Gasteiger partial charge in [-0.1, -0.05) is 52.0 Å². The summed E-state index contributed by atoms with van der Waals surface area (Å²) in [5.74, 6) is -0.148. The fraction of sp³-hybridized carbons (Fsp3) is 0.400. The lowest BCUT2D eigenvalue weighted by Gasteiger charge is -2.20. The number of benzene rings is 2. The third-order valence-corrected chi connectivity index (χ3v) is 7.61. The van der Waals surface area contributed by atoms with Gasteiger partial charge < -0.3 is 15.2 Å². The quantitative estimate of drug-likeness (QED) is 0.307. The molecule has 36 heavy (non-hydrogen) atoms. The summed E-state index contributed by atoms with van der Waals surface area (Å²) in [6.07, 6.45) is 0.798. The minimum absolute atomic E-state index is 0.0880. The number of carboxylic acid groups (broad SMARTS) is 1. The average Bonchev–Trinajstić information content (AvgIpc) is 3.29. The molecule has 1 aromatic heterocycles. The number of carbonyl (C=O) groups is 2. The molecular formula is C30H37NO4S. The van der Waals surface area contributed by atoms with Crippen LogP contribution in [-0.2, 0) is 10.2 Å². The molecule has 1 heterocycles. The minimum Gasteiger partial charge on any atom is -0.493 e. The summed E-state index contributed by atoms with van der Waals surface area (Å²) in [4.78, 5) is 24.6. The van der Waals surface area contributed by atoms with Crippen molar-refractivity contribution in [1.82, 2.24) is 5.32 Å². The number of aryl methyl sites for hydroxylation is 2. The SMILES string of the molecule is CC[C@H](COc1cc(C)c(-c2ccc(C(C)(C)C)cc2)c(C)c1)c1ccc(C(=O)NCCC(=O)O)s1. The first kappa shape index (κ1) is 27.5. The summed E-state index contributed by atoms with van der Waals surface area (Å²) >= 11 is 1.44. The molecule has 0 radical (unpaired) electrons. The third kappa shape index (κ3) is 6.97. The summed E-state index contributed by atoms with van der Waals surface area (Å²) in [7, 11) is 0. The zero-order chi connectivity index (χ0) is 26.5. The number of rotatable bonds is 10. The standard InChI is InChI=1S/C30H37NO4S/c1-7-21(25-12-13-26(36-25)29(34)31-15-14-27(32)33)18-35-24-16-19(2)28(20(3)17-24)22-8-10-23(11-9-22)30(4,5)6/h8-13,16-17,21H,7,14-15,18H2,1-6H3,(H,31,34)(H,32,33)/t21-/m1/s1. The van der Waals surface area contributed by atoms with Crippen LogP contribution in [0.1, 0.15) is 77.7 Å². The predicted octanol–water partition coefficient (Wildman–Crippen LogP) is 7.11. The van der Waals surface area contributed by atoms with Crippen molar-refractivity contribution in [3.05, 3.63) is 75.0 Å². The second kappa shape index (κ2) is 11.7. The molecule has 0 spiro atoms. The van der Waals surface area contributed by atoms with E-state index >= 15 is 0 Å². The zero-order valence-electron chi connectivity index (χ0n) is 22.1. The van der Waals surface area contributed by atoms with Gasteiger partial charge in [0.05, 0.1) is 17.9 Å². The minimum atomic E-state index is -0.928. The molecular weight excluding hydrogens is 470 g/mol. The summed E-state index contributed by atoms with van der Waals surface area (Å²) in [5.41, 5.74) is 6.26. The Kier molecular flexibility index (Phi) is 8.96. The van der Waals surface area contributed by atoms with Crippen LogP contribution in [0.5, 0.6) is 5.75 Å². The highest BCUT2D eigenvalue weighted by atomic mass is 32.1. The Labute approximate surface area is 218 Å². The summed E-state index contributed by atoms with van der Waals surface area (Å²) in [6, 6.07) is 16.8. The van der Waals surface area contributed by atoms with Gasteiger partial charge >= 0.3 is 5.97 Å². The van der Waals surface area contributed by atoms with Crippen LogP contribution in [0.4, 0.5) is 0 Å².